The van der Waals surface area contributed by atoms with Gasteiger partial charge in [-0.25, -0.2) is 0 Å². The van der Waals surface area contributed by atoms with Crippen molar-refractivity contribution in [3.8, 4) is 0 Å². The Bertz CT molecular complexity index is 83.6. The fourth-order valence-corrected chi connectivity index (χ4v) is 1.50. The molecule has 0 spiro atoms. The fraction of sp³-hybridized carbons (Fsp3) is 1.00. The zero-order chi connectivity index (χ0) is 8.69. The Labute approximate surface area is 70.5 Å². The minimum atomic E-state index is 0.514. The van der Waals surface area contributed by atoms with Gasteiger partial charge in [-0.05, 0) is 18.8 Å². The second-order valence-corrected chi connectivity index (χ2v) is 3.33. The van der Waals surface area contributed by atoms with Crippen LogP contribution < -0.4 is 11.3 Å². The first-order valence-electron chi connectivity index (χ1n) is 4.72. The van der Waals surface area contributed by atoms with E-state index in [0.717, 1.165) is 0 Å². The molecule has 0 aliphatic rings. The number of hydrogen-bond donors (Lipinski definition) is 2. The zero-order valence-corrected chi connectivity index (χ0v) is 8.06. The van der Waals surface area contributed by atoms with Crippen LogP contribution in [-0.2, 0) is 0 Å². The largest absolute Gasteiger partial charge is 0.271 e. The van der Waals surface area contributed by atoms with Crippen molar-refractivity contribution in [1.82, 2.24) is 5.43 Å². The van der Waals surface area contributed by atoms with Crippen molar-refractivity contribution in [1.29, 1.82) is 0 Å². The minimum Gasteiger partial charge on any atom is -0.271 e. The Kier molecular flexibility index (Phi) is 6.57. The van der Waals surface area contributed by atoms with Crippen molar-refractivity contribution in [3.63, 3.8) is 0 Å². The highest BCUT2D eigenvalue weighted by molar-refractivity contribution is 4.69. The van der Waals surface area contributed by atoms with Crippen molar-refractivity contribution in [2.45, 2.75) is 52.5 Å². The van der Waals surface area contributed by atoms with Crippen LogP contribution >= 0.6 is 0 Å². The molecule has 2 heteroatoms. The normalized spacial score (nSPS) is 16.4. The van der Waals surface area contributed by atoms with Crippen molar-refractivity contribution in [3.05, 3.63) is 0 Å². The summed E-state index contributed by atoms with van der Waals surface area (Å²) in [6, 6.07) is 0.514. The summed E-state index contributed by atoms with van der Waals surface area (Å²) in [5.74, 6) is 6.15. The van der Waals surface area contributed by atoms with Crippen LogP contribution in [0, 0.1) is 5.92 Å². The van der Waals surface area contributed by atoms with Crippen molar-refractivity contribution >= 4 is 0 Å². The van der Waals surface area contributed by atoms with Crippen molar-refractivity contribution in [2.24, 2.45) is 11.8 Å². The molecule has 0 heterocycles. The Balaban J connectivity index is 3.61. The van der Waals surface area contributed by atoms with E-state index in [9.17, 15) is 0 Å². The lowest BCUT2D eigenvalue weighted by Crippen LogP contribution is -2.39. The molecule has 11 heavy (non-hydrogen) atoms. The third kappa shape index (κ3) is 4.38. The van der Waals surface area contributed by atoms with Crippen molar-refractivity contribution in [2.75, 3.05) is 0 Å². The molecule has 3 N–H and O–H groups in total. The van der Waals surface area contributed by atoms with Crippen LogP contribution in [-0.4, -0.2) is 6.04 Å². The van der Waals surface area contributed by atoms with Gasteiger partial charge in [0.05, 0.1) is 0 Å². The lowest BCUT2D eigenvalue weighted by atomic mass is 9.94. The summed E-state index contributed by atoms with van der Waals surface area (Å²) in [4.78, 5) is 0. The van der Waals surface area contributed by atoms with E-state index < -0.39 is 0 Å². The lowest BCUT2D eigenvalue weighted by Gasteiger charge is -2.21. The average molecular weight is 158 g/mol. The quantitative estimate of drug-likeness (QED) is 0.458. The summed E-state index contributed by atoms with van der Waals surface area (Å²) >= 11 is 0. The van der Waals surface area contributed by atoms with Crippen LogP contribution in [0.15, 0.2) is 0 Å². The molecule has 2 unspecified atom stereocenters. The van der Waals surface area contributed by atoms with E-state index in [1.165, 1.54) is 25.7 Å². The van der Waals surface area contributed by atoms with E-state index in [2.05, 4.69) is 26.2 Å². The maximum atomic E-state index is 5.44. The topological polar surface area (TPSA) is 38.0 Å². The maximum Gasteiger partial charge on any atom is 0.0236 e. The molecule has 0 fully saturated rings. The molecule has 0 aromatic rings. The van der Waals surface area contributed by atoms with E-state index in [0.29, 0.717) is 12.0 Å². The molecule has 2 atom stereocenters. The molecule has 0 amide bonds. The fourth-order valence-electron chi connectivity index (χ4n) is 1.50. The molecule has 68 valence electrons. The van der Waals surface area contributed by atoms with Gasteiger partial charge < -0.3 is 0 Å². The van der Waals surface area contributed by atoms with E-state index in [4.69, 9.17) is 5.84 Å². The molecule has 0 aliphatic carbocycles. The molecule has 0 aromatic heterocycles. The molecular weight excluding hydrogens is 136 g/mol. The summed E-state index contributed by atoms with van der Waals surface area (Å²) in [6.07, 6.45) is 4.93. The number of nitrogens with one attached hydrogen (secondary N) is 1. The minimum absolute atomic E-state index is 0.514. The molecule has 0 saturated heterocycles. The zero-order valence-electron chi connectivity index (χ0n) is 8.06. The van der Waals surface area contributed by atoms with Gasteiger partial charge >= 0.3 is 0 Å². The molecule has 0 aliphatic heterocycles. The van der Waals surface area contributed by atoms with E-state index >= 15 is 0 Å². The third-order valence-corrected chi connectivity index (χ3v) is 2.24. The van der Waals surface area contributed by atoms with Gasteiger partial charge in [-0.2, -0.15) is 0 Å². The van der Waals surface area contributed by atoms with Gasteiger partial charge in [0.25, 0.3) is 0 Å². The maximum absolute atomic E-state index is 5.44. The van der Waals surface area contributed by atoms with Gasteiger partial charge in [-0.1, -0.05) is 33.6 Å². The van der Waals surface area contributed by atoms with Crippen LogP contribution in [0.5, 0.6) is 0 Å². The van der Waals surface area contributed by atoms with Gasteiger partial charge in [0.15, 0.2) is 0 Å². The summed E-state index contributed by atoms with van der Waals surface area (Å²) in [6.45, 7) is 6.68. The standard InChI is InChI=1S/C9H22N2/c1-4-6-8(3)9(11-10)7-5-2/h8-9,11H,4-7,10H2,1-3H3. The molecule has 0 radical (unpaired) electrons. The Morgan fingerprint density at radius 2 is 1.73 bits per heavy atom. The number of nitrogens with two attached hydrogens (primary N) is 1. The molecule has 2 nitrogen and oxygen atoms in total. The van der Waals surface area contributed by atoms with Gasteiger partial charge in [0, 0.05) is 6.04 Å². The Hall–Kier alpha value is -0.0800. The summed E-state index contributed by atoms with van der Waals surface area (Å²) in [7, 11) is 0. The summed E-state index contributed by atoms with van der Waals surface area (Å²) in [5, 5.41) is 0. The Morgan fingerprint density at radius 1 is 1.18 bits per heavy atom. The number of hydrazine groups is 1. The Morgan fingerprint density at radius 3 is 2.09 bits per heavy atom. The highest BCUT2D eigenvalue weighted by atomic mass is 15.2. The van der Waals surface area contributed by atoms with Crippen LogP contribution in [0.25, 0.3) is 0 Å². The van der Waals surface area contributed by atoms with Crippen molar-refractivity contribution < 1.29 is 0 Å². The number of rotatable bonds is 6. The van der Waals surface area contributed by atoms with Crippen LogP contribution in [0.4, 0.5) is 0 Å². The van der Waals surface area contributed by atoms with E-state index in [-0.39, 0.29) is 0 Å². The highest BCUT2D eigenvalue weighted by Gasteiger charge is 2.12. The molecule has 0 saturated carbocycles. The monoisotopic (exact) mass is 158 g/mol. The molecule has 0 aromatic carbocycles. The first kappa shape index (κ1) is 10.9. The smallest absolute Gasteiger partial charge is 0.0236 e. The van der Waals surface area contributed by atoms with Crippen LogP contribution in [0.2, 0.25) is 0 Å². The molecular formula is C9H22N2. The first-order chi connectivity index (χ1) is 5.26. The van der Waals surface area contributed by atoms with Crippen LogP contribution in [0.3, 0.4) is 0 Å². The SMILES string of the molecule is CCCC(C)C(CCC)NN. The van der Waals surface area contributed by atoms with Gasteiger partial charge in [-0.3, -0.25) is 11.3 Å². The van der Waals surface area contributed by atoms with E-state index in [1.807, 2.05) is 0 Å². The first-order valence-corrected chi connectivity index (χ1v) is 4.72. The second-order valence-electron chi connectivity index (χ2n) is 3.33. The average Bonchev–Trinajstić information content (AvgIpc) is 2.00. The second kappa shape index (κ2) is 6.62. The lowest BCUT2D eigenvalue weighted by molar-refractivity contribution is 0.339. The molecule has 0 bridgehead atoms. The van der Waals surface area contributed by atoms with Crippen LogP contribution in [0.1, 0.15) is 46.5 Å². The van der Waals surface area contributed by atoms with E-state index in [1.54, 1.807) is 0 Å². The van der Waals surface area contributed by atoms with Gasteiger partial charge in [0.2, 0.25) is 0 Å². The highest BCUT2D eigenvalue weighted by Crippen LogP contribution is 2.13. The van der Waals surface area contributed by atoms with Gasteiger partial charge in [0.1, 0.15) is 0 Å². The molecule has 0 rings (SSSR count). The predicted octanol–water partition coefficient (Wildman–Crippen LogP) is 2.05. The predicted molar refractivity (Wildman–Crippen MR) is 50.1 cm³/mol. The third-order valence-electron chi connectivity index (χ3n) is 2.24. The number of hydrogen-bond acceptors (Lipinski definition) is 2. The summed E-state index contributed by atoms with van der Waals surface area (Å²) in [5.41, 5.74) is 2.89. The summed E-state index contributed by atoms with van der Waals surface area (Å²) < 4.78 is 0. The van der Waals surface area contributed by atoms with Gasteiger partial charge in [-0.15, -0.1) is 0 Å².